The Labute approximate surface area is 86.7 Å². The predicted molar refractivity (Wildman–Crippen MR) is 53.4 cm³/mol. The van der Waals surface area contributed by atoms with Gasteiger partial charge in [-0.3, -0.25) is 4.98 Å². The van der Waals surface area contributed by atoms with Crippen LogP contribution in [0, 0.1) is 0 Å². The molecule has 2 heterocycles. The number of rotatable bonds is 2. The SMILES string of the molecule is Nc1nc(Br)n(Cc2cncs2)n1. The van der Waals surface area contributed by atoms with E-state index in [1.165, 1.54) is 0 Å². The van der Waals surface area contributed by atoms with E-state index >= 15 is 0 Å². The van der Waals surface area contributed by atoms with E-state index in [1.54, 1.807) is 27.7 Å². The third-order valence-electron chi connectivity index (χ3n) is 1.43. The molecule has 2 rings (SSSR count). The van der Waals surface area contributed by atoms with E-state index in [-0.39, 0.29) is 5.95 Å². The predicted octanol–water partition coefficient (Wildman–Crippen LogP) is 1.13. The van der Waals surface area contributed by atoms with E-state index in [0.717, 1.165) is 4.88 Å². The summed E-state index contributed by atoms with van der Waals surface area (Å²) in [6, 6.07) is 0. The van der Waals surface area contributed by atoms with Gasteiger partial charge in [-0.05, 0) is 15.9 Å². The molecular formula is C6H6BrN5S. The molecular weight excluding hydrogens is 254 g/mol. The van der Waals surface area contributed by atoms with Gasteiger partial charge in [-0.25, -0.2) is 4.68 Å². The van der Waals surface area contributed by atoms with Gasteiger partial charge < -0.3 is 5.73 Å². The van der Waals surface area contributed by atoms with Crippen molar-refractivity contribution in [3.8, 4) is 0 Å². The zero-order valence-electron chi connectivity index (χ0n) is 6.51. The summed E-state index contributed by atoms with van der Waals surface area (Å²) in [6.45, 7) is 0.648. The highest BCUT2D eigenvalue weighted by molar-refractivity contribution is 9.10. The first-order chi connectivity index (χ1) is 6.25. The third-order valence-corrected chi connectivity index (χ3v) is 2.78. The van der Waals surface area contributed by atoms with Crippen LogP contribution in [0.4, 0.5) is 5.95 Å². The Balaban J connectivity index is 2.23. The normalized spacial score (nSPS) is 10.5. The van der Waals surface area contributed by atoms with Gasteiger partial charge in [0.05, 0.1) is 12.1 Å². The van der Waals surface area contributed by atoms with E-state index in [1.807, 2.05) is 0 Å². The molecule has 0 saturated carbocycles. The molecule has 0 aliphatic carbocycles. The highest BCUT2D eigenvalue weighted by atomic mass is 79.9. The fourth-order valence-electron chi connectivity index (χ4n) is 0.908. The molecule has 0 saturated heterocycles. The summed E-state index contributed by atoms with van der Waals surface area (Å²) in [6.07, 6.45) is 1.80. The molecule has 2 aromatic rings. The van der Waals surface area contributed by atoms with Gasteiger partial charge in [0.1, 0.15) is 0 Å². The molecule has 0 aliphatic heterocycles. The Bertz CT molecular complexity index is 395. The number of hydrogen-bond donors (Lipinski definition) is 1. The Kier molecular flexibility index (Phi) is 2.28. The largest absolute Gasteiger partial charge is 0.366 e. The number of halogens is 1. The summed E-state index contributed by atoms with van der Waals surface area (Å²) in [5, 5.41) is 4.00. The number of nitrogens with two attached hydrogens (primary N) is 1. The summed E-state index contributed by atoms with van der Waals surface area (Å²) in [5.74, 6) is 0.274. The maximum Gasteiger partial charge on any atom is 0.240 e. The molecule has 0 spiro atoms. The average Bonchev–Trinajstić information content (AvgIpc) is 2.63. The van der Waals surface area contributed by atoms with Crippen LogP contribution in [0.2, 0.25) is 0 Å². The van der Waals surface area contributed by atoms with E-state index in [0.29, 0.717) is 11.3 Å². The van der Waals surface area contributed by atoms with Crippen molar-refractivity contribution < 1.29 is 0 Å². The quantitative estimate of drug-likeness (QED) is 0.878. The zero-order valence-corrected chi connectivity index (χ0v) is 8.92. The van der Waals surface area contributed by atoms with Crippen LogP contribution in [-0.4, -0.2) is 19.7 Å². The number of nitrogens with zero attached hydrogens (tertiary/aromatic N) is 4. The van der Waals surface area contributed by atoms with Gasteiger partial charge in [0.15, 0.2) is 4.73 Å². The maximum absolute atomic E-state index is 5.42. The number of thiazole rings is 1. The van der Waals surface area contributed by atoms with Crippen LogP contribution in [0.25, 0.3) is 0 Å². The van der Waals surface area contributed by atoms with Crippen molar-refractivity contribution in [2.24, 2.45) is 0 Å². The second kappa shape index (κ2) is 3.43. The van der Waals surface area contributed by atoms with Crippen molar-refractivity contribution in [3.63, 3.8) is 0 Å². The number of anilines is 1. The molecule has 0 bridgehead atoms. The first-order valence-corrected chi connectivity index (χ1v) is 5.16. The number of hydrogen-bond acceptors (Lipinski definition) is 5. The van der Waals surface area contributed by atoms with Gasteiger partial charge in [-0.2, -0.15) is 4.98 Å². The van der Waals surface area contributed by atoms with Crippen molar-refractivity contribution in [2.45, 2.75) is 6.54 Å². The van der Waals surface area contributed by atoms with Crippen LogP contribution in [0.5, 0.6) is 0 Å². The van der Waals surface area contributed by atoms with E-state index in [9.17, 15) is 0 Å². The van der Waals surface area contributed by atoms with E-state index in [2.05, 4.69) is 31.0 Å². The Morgan fingerprint density at radius 2 is 2.46 bits per heavy atom. The minimum absolute atomic E-state index is 0.274. The van der Waals surface area contributed by atoms with Gasteiger partial charge in [-0.1, -0.05) is 0 Å². The first kappa shape index (κ1) is 8.64. The molecule has 2 N–H and O–H groups in total. The Hall–Kier alpha value is -0.950. The molecule has 5 nitrogen and oxygen atoms in total. The van der Waals surface area contributed by atoms with Gasteiger partial charge in [-0.15, -0.1) is 16.4 Å². The fraction of sp³-hybridized carbons (Fsp3) is 0.167. The van der Waals surface area contributed by atoms with Crippen LogP contribution in [0.1, 0.15) is 4.88 Å². The number of aromatic nitrogens is 4. The van der Waals surface area contributed by atoms with E-state index in [4.69, 9.17) is 5.73 Å². The maximum atomic E-state index is 5.42. The van der Waals surface area contributed by atoms with Crippen molar-refractivity contribution in [1.29, 1.82) is 0 Å². The Morgan fingerprint density at radius 1 is 1.62 bits per heavy atom. The summed E-state index contributed by atoms with van der Waals surface area (Å²) in [7, 11) is 0. The lowest BCUT2D eigenvalue weighted by molar-refractivity contribution is 0.677. The lowest BCUT2D eigenvalue weighted by Crippen LogP contribution is -2.01. The van der Waals surface area contributed by atoms with Crippen molar-refractivity contribution in [1.82, 2.24) is 19.7 Å². The van der Waals surface area contributed by atoms with Crippen LogP contribution in [0.3, 0.4) is 0 Å². The van der Waals surface area contributed by atoms with Gasteiger partial charge in [0.25, 0.3) is 0 Å². The highest BCUT2D eigenvalue weighted by Crippen LogP contribution is 2.13. The van der Waals surface area contributed by atoms with Gasteiger partial charge >= 0.3 is 0 Å². The smallest absolute Gasteiger partial charge is 0.240 e. The standard InChI is InChI=1S/C6H6BrN5S/c7-5-10-6(8)11-12(5)2-4-1-9-3-13-4/h1,3H,2H2,(H2,8,11). The molecule has 0 unspecified atom stereocenters. The molecule has 13 heavy (non-hydrogen) atoms. The second-order valence-electron chi connectivity index (χ2n) is 2.36. The highest BCUT2D eigenvalue weighted by Gasteiger charge is 2.05. The minimum Gasteiger partial charge on any atom is -0.366 e. The topological polar surface area (TPSA) is 69.6 Å². The van der Waals surface area contributed by atoms with Crippen molar-refractivity contribution in [3.05, 3.63) is 21.3 Å². The zero-order chi connectivity index (χ0) is 9.26. The minimum atomic E-state index is 0.274. The van der Waals surface area contributed by atoms with Crippen molar-refractivity contribution in [2.75, 3.05) is 5.73 Å². The average molecular weight is 260 g/mol. The van der Waals surface area contributed by atoms with E-state index < -0.39 is 0 Å². The molecule has 0 fully saturated rings. The van der Waals surface area contributed by atoms with Gasteiger partial charge in [0, 0.05) is 11.1 Å². The van der Waals surface area contributed by atoms with Crippen molar-refractivity contribution >= 4 is 33.2 Å². The number of nitrogen functional groups attached to an aromatic ring is 1. The fourth-order valence-corrected chi connectivity index (χ4v) is 1.87. The molecule has 0 aliphatic rings. The molecule has 2 aromatic heterocycles. The first-order valence-electron chi connectivity index (χ1n) is 3.49. The third kappa shape index (κ3) is 1.86. The molecule has 7 heteroatoms. The lowest BCUT2D eigenvalue weighted by atomic mass is 10.5. The van der Waals surface area contributed by atoms with Gasteiger partial charge in [0.2, 0.25) is 5.95 Å². The second-order valence-corrected chi connectivity index (χ2v) is 4.04. The van der Waals surface area contributed by atoms with Crippen LogP contribution >= 0.6 is 27.3 Å². The monoisotopic (exact) mass is 259 g/mol. The van der Waals surface area contributed by atoms with Crippen LogP contribution in [-0.2, 0) is 6.54 Å². The summed E-state index contributed by atoms with van der Waals surface area (Å²) >= 11 is 4.83. The molecule has 0 radical (unpaired) electrons. The summed E-state index contributed by atoms with van der Waals surface area (Å²) in [5.41, 5.74) is 7.20. The lowest BCUT2D eigenvalue weighted by Gasteiger charge is -1.96. The summed E-state index contributed by atoms with van der Waals surface area (Å²) < 4.78 is 2.32. The van der Waals surface area contributed by atoms with Crippen LogP contribution < -0.4 is 5.73 Å². The summed E-state index contributed by atoms with van der Waals surface area (Å²) in [4.78, 5) is 9.00. The Morgan fingerprint density at radius 3 is 3.00 bits per heavy atom. The molecule has 0 amide bonds. The molecule has 68 valence electrons. The molecule has 0 aromatic carbocycles. The molecule has 0 atom stereocenters. The van der Waals surface area contributed by atoms with Crippen LogP contribution in [0.15, 0.2) is 16.4 Å².